The topological polar surface area (TPSA) is 165 Å². The Bertz CT molecular complexity index is 2440. The van der Waals surface area contributed by atoms with E-state index < -0.39 is 34.1 Å². The van der Waals surface area contributed by atoms with Gasteiger partial charge in [-0.1, -0.05) is 130 Å². The Hall–Kier alpha value is -5.32. The summed E-state index contributed by atoms with van der Waals surface area (Å²) in [4.78, 5) is 47.7. The maximum Gasteiger partial charge on any atom is 0.321 e. The number of nitrogens with zero attached hydrogens (tertiary/aromatic N) is 5. The first-order chi connectivity index (χ1) is 30.9. The van der Waals surface area contributed by atoms with Gasteiger partial charge in [-0.25, -0.2) is 18.2 Å². The van der Waals surface area contributed by atoms with Crippen LogP contribution < -0.4 is 10.6 Å². The fourth-order valence-electron chi connectivity index (χ4n) is 8.86. The van der Waals surface area contributed by atoms with E-state index in [9.17, 15) is 28.0 Å². The minimum Gasteiger partial charge on any atom is -0.390 e. The SMILES string of the molecule is CC[C@H](C)[C@@H](C(=O)N[C@@H](Cc1ccccc1)[C@H](O)CN(CC(C)C)S(=O)(=O)c1ccc(CN=O)cc1)N1CCN(Cc2csc(CNCC3c4ccccc4-c4ccccc43)n2)C1=O. The molecule has 1 saturated heterocycles. The largest absolute Gasteiger partial charge is 0.390 e. The van der Waals surface area contributed by atoms with Gasteiger partial charge in [-0.05, 0) is 63.8 Å². The van der Waals surface area contributed by atoms with Crippen LogP contribution in [0.4, 0.5) is 4.79 Å². The summed E-state index contributed by atoms with van der Waals surface area (Å²) in [6.45, 7) is 9.94. The fraction of sp³-hybridized carbons (Fsp3) is 0.408. The number of hydrogen-bond donors (Lipinski definition) is 3. The number of nitrogens with one attached hydrogen (secondary N) is 2. The van der Waals surface area contributed by atoms with Crippen molar-refractivity contribution in [1.82, 2.24) is 29.7 Å². The number of aliphatic hydroxyl groups is 1. The van der Waals surface area contributed by atoms with Crippen molar-refractivity contribution < 1.29 is 23.1 Å². The highest BCUT2D eigenvalue weighted by Crippen LogP contribution is 2.44. The van der Waals surface area contributed by atoms with Crippen molar-refractivity contribution in [3.63, 3.8) is 0 Å². The summed E-state index contributed by atoms with van der Waals surface area (Å²) in [7, 11) is -4.08. The molecule has 1 aromatic heterocycles. The number of fused-ring (bicyclic) bond motifs is 3. The van der Waals surface area contributed by atoms with E-state index in [1.54, 1.807) is 33.3 Å². The number of carbonyl (C=O) groups excluding carboxylic acids is 2. The van der Waals surface area contributed by atoms with Crippen molar-refractivity contribution in [2.45, 2.75) is 89.2 Å². The first-order valence-electron chi connectivity index (χ1n) is 22.2. The second-order valence-electron chi connectivity index (χ2n) is 17.3. The van der Waals surface area contributed by atoms with Gasteiger partial charge in [0, 0.05) is 50.6 Å². The van der Waals surface area contributed by atoms with Gasteiger partial charge in [0.1, 0.15) is 17.6 Å². The number of aromatic nitrogens is 1. The number of urea groups is 1. The average Bonchev–Trinajstić information content (AvgIpc) is 3.99. The molecule has 7 rings (SSSR count). The number of nitroso groups, excluding NO2 is 1. The molecule has 0 unspecified atom stereocenters. The van der Waals surface area contributed by atoms with E-state index in [2.05, 4.69) is 64.3 Å². The van der Waals surface area contributed by atoms with Gasteiger partial charge in [0.2, 0.25) is 15.9 Å². The number of carbonyl (C=O) groups is 2. The molecule has 0 radical (unpaired) electrons. The van der Waals surface area contributed by atoms with Gasteiger partial charge in [0.05, 0.1) is 29.3 Å². The maximum atomic E-state index is 14.5. The molecule has 5 aromatic rings. The molecule has 1 aliphatic carbocycles. The summed E-state index contributed by atoms with van der Waals surface area (Å²) in [6, 6.07) is 30.6. The van der Waals surface area contributed by atoms with E-state index >= 15 is 0 Å². The van der Waals surface area contributed by atoms with E-state index in [1.165, 1.54) is 38.7 Å². The fourth-order valence-corrected chi connectivity index (χ4v) is 11.2. The molecule has 13 nitrogen and oxygen atoms in total. The minimum atomic E-state index is -4.08. The van der Waals surface area contributed by atoms with E-state index in [0.29, 0.717) is 38.2 Å². The highest BCUT2D eigenvalue weighted by Gasteiger charge is 2.41. The van der Waals surface area contributed by atoms with Crippen LogP contribution in [0.1, 0.15) is 73.0 Å². The Labute approximate surface area is 380 Å². The van der Waals surface area contributed by atoms with Gasteiger partial charge in [0.25, 0.3) is 0 Å². The number of sulfonamides is 1. The number of hydrogen-bond acceptors (Lipinski definition) is 10. The van der Waals surface area contributed by atoms with Crippen LogP contribution in [0.2, 0.25) is 0 Å². The molecule has 64 heavy (non-hydrogen) atoms. The zero-order valence-electron chi connectivity index (χ0n) is 37.0. The van der Waals surface area contributed by atoms with E-state index in [-0.39, 0.29) is 54.7 Å². The van der Waals surface area contributed by atoms with Crippen molar-refractivity contribution in [3.05, 3.63) is 146 Å². The van der Waals surface area contributed by atoms with Crippen LogP contribution in [0, 0.1) is 16.7 Å². The summed E-state index contributed by atoms with van der Waals surface area (Å²) >= 11 is 1.56. The maximum absolute atomic E-state index is 14.5. The molecular weight excluding hydrogens is 847 g/mol. The lowest BCUT2D eigenvalue weighted by molar-refractivity contribution is -0.128. The Balaban J connectivity index is 1.01. The monoisotopic (exact) mass is 905 g/mol. The lowest BCUT2D eigenvalue weighted by atomic mass is 9.95. The highest BCUT2D eigenvalue weighted by molar-refractivity contribution is 7.89. The van der Waals surface area contributed by atoms with Crippen molar-refractivity contribution >= 4 is 33.3 Å². The third-order valence-corrected chi connectivity index (χ3v) is 15.1. The molecule has 0 spiro atoms. The van der Waals surface area contributed by atoms with Crippen molar-refractivity contribution in [2.75, 3.05) is 32.7 Å². The lowest BCUT2D eigenvalue weighted by Gasteiger charge is -2.35. The molecule has 15 heteroatoms. The molecule has 0 saturated carbocycles. The Morgan fingerprint density at radius 1 is 0.906 bits per heavy atom. The van der Waals surface area contributed by atoms with Crippen molar-refractivity contribution in [3.8, 4) is 11.1 Å². The summed E-state index contributed by atoms with van der Waals surface area (Å²) in [5, 5.41) is 24.5. The first-order valence-corrected chi connectivity index (χ1v) is 24.5. The van der Waals surface area contributed by atoms with Crippen LogP contribution in [-0.2, 0) is 40.9 Å². The van der Waals surface area contributed by atoms with Crippen LogP contribution in [0.15, 0.2) is 119 Å². The highest BCUT2D eigenvalue weighted by atomic mass is 32.2. The van der Waals surface area contributed by atoms with Crippen LogP contribution in [0.3, 0.4) is 0 Å². The number of amides is 3. The lowest BCUT2D eigenvalue weighted by Crippen LogP contribution is -2.57. The zero-order chi connectivity index (χ0) is 45.4. The van der Waals surface area contributed by atoms with Gasteiger partial charge in [-0.2, -0.15) is 9.21 Å². The third kappa shape index (κ3) is 10.8. The summed E-state index contributed by atoms with van der Waals surface area (Å²) in [5.74, 6) is -0.444. The van der Waals surface area contributed by atoms with Crippen LogP contribution in [-0.4, -0.2) is 95.5 Å². The smallest absolute Gasteiger partial charge is 0.321 e. The Kier molecular flexibility index (Phi) is 15.4. The molecule has 4 aromatic carbocycles. The number of aliphatic hydroxyl groups excluding tert-OH is 1. The summed E-state index contributed by atoms with van der Waals surface area (Å²) in [6.07, 6.45) is -0.458. The van der Waals surface area contributed by atoms with E-state index in [1.807, 2.05) is 63.4 Å². The predicted octanol–water partition coefficient (Wildman–Crippen LogP) is 7.40. The number of thiazole rings is 1. The zero-order valence-corrected chi connectivity index (χ0v) is 38.6. The van der Waals surface area contributed by atoms with Gasteiger partial charge in [-0.15, -0.1) is 11.3 Å². The van der Waals surface area contributed by atoms with Crippen molar-refractivity contribution in [1.29, 1.82) is 0 Å². The molecule has 2 aliphatic rings. The molecule has 2 heterocycles. The molecular formula is C49H59N7O6S2. The number of benzene rings is 4. The predicted molar refractivity (Wildman–Crippen MR) is 251 cm³/mol. The van der Waals surface area contributed by atoms with Gasteiger partial charge >= 0.3 is 6.03 Å². The van der Waals surface area contributed by atoms with Gasteiger partial charge in [-0.3, -0.25) is 4.79 Å². The summed E-state index contributed by atoms with van der Waals surface area (Å²) in [5.41, 5.74) is 7.45. The Morgan fingerprint density at radius 2 is 1.56 bits per heavy atom. The number of rotatable bonds is 22. The normalized spacial score (nSPS) is 15.9. The summed E-state index contributed by atoms with van der Waals surface area (Å²) < 4.78 is 29.3. The average molecular weight is 906 g/mol. The van der Waals surface area contributed by atoms with Crippen molar-refractivity contribution in [2.24, 2.45) is 17.0 Å². The second-order valence-corrected chi connectivity index (χ2v) is 20.2. The third-order valence-electron chi connectivity index (χ3n) is 12.3. The molecule has 3 amide bonds. The molecule has 1 fully saturated rings. The standard InChI is InChI=1S/C49H59N7O6S2/c1-5-34(4)47(48(58)53-44(25-35-13-7-6-8-14-35)45(57)31-55(29-33(2)3)64(61,62)38-21-19-36(20-22-38)26-51-60)56-24-23-54(49(56)59)30-37-32-63-46(52-37)28-50-27-43-41-17-11-9-15-39(41)40-16-10-12-18-42(40)43/h6-22,32-34,43-45,47,50,57H,5,23-31H2,1-4H3,(H,53,58)/t34-,44-,45+,47-/m0/s1. The van der Waals surface area contributed by atoms with Gasteiger partial charge in [0.15, 0.2) is 0 Å². The molecule has 4 atom stereocenters. The molecule has 1 aliphatic heterocycles. The molecule has 3 N–H and O–H groups in total. The minimum absolute atomic E-state index is 0.0235. The quantitative estimate of drug-likeness (QED) is 0.0605. The van der Waals surface area contributed by atoms with Crippen LogP contribution in [0.25, 0.3) is 11.1 Å². The van der Waals surface area contributed by atoms with Gasteiger partial charge < -0.3 is 25.5 Å². The van der Waals surface area contributed by atoms with Crippen LogP contribution in [0.5, 0.6) is 0 Å². The second kappa shape index (κ2) is 21.1. The van der Waals surface area contributed by atoms with E-state index in [4.69, 9.17) is 4.98 Å². The molecule has 338 valence electrons. The Morgan fingerprint density at radius 3 is 2.20 bits per heavy atom. The van der Waals surface area contributed by atoms with E-state index in [0.717, 1.165) is 22.8 Å². The first kappa shape index (κ1) is 46.7. The molecule has 0 bridgehead atoms. The van der Waals surface area contributed by atoms with Crippen LogP contribution >= 0.6 is 11.3 Å².